The van der Waals surface area contributed by atoms with Crippen molar-refractivity contribution in [2.45, 2.75) is 19.8 Å². The highest BCUT2D eigenvalue weighted by molar-refractivity contribution is 5.92. The number of carbonyl (C=O) groups excluding carboxylic acids is 1. The summed E-state index contributed by atoms with van der Waals surface area (Å²) in [6.45, 7) is 3.02. The van der Waals surface area contributed by atoms with Crippen molar-refractivity contribution >= 4 is 17.8 Å². The number of rotatable bonds is 3. The van der Waals surface area contributed by atoms with Gasteiger partial charge in [0.05, 0.1) is 11.9 Å². The molecule has 3 heterocycles. The molecule has 2 unspecified atom stereocenters. The number of hydrogen-bond acceptors (Lipinski definition) is 5. The maximum Gasteiger partial charge on any atom is 0.407 e. The van der Waals surface area contributed by atoms with Crippen LogP contribution in [0.1, 0.15) is 18.4 Å². The Bertz CT molecular complexity index is 844. The Balaban J connectivity index is 1.38. The van der Waals surface area contributed by atoms with Crippen molar-refractivity contribution in [1.29, 1.82) is 0 Å². The molecule has 9 heteroatoms. The molecule has 2 atom stereocenters. The van der Waals surface area contributed by atoms with Crippen LogP contribution < -0.4 is 5.32 Å². The predicted molar refractivity (Wildman–Crippen MR) is 96.9 cm³/mol. The molecule has 0 aromatic carbocycles. The number of aromatic nitrogens is 4. The highest BCUT2D eigenvalue weighted by Crippen LogP contribution is 2.41. The van der Waals surface area contributed by atoms with Crippen molar-refractivity contribution in [2.75, 3.05) is 18.4 Å². The monoisotopic (exact) mass is 370 g/mol. The van der Waals surface area contributed by atoms with E-state index in [1.54, 1.807) is 16.9 Å². The number of nitrogens with one attached hydrogen (secondary N) is 1. The Morgan fingerprint density at radius 3 is 2.41 bits per heavy atom. The zero-order valence-corrected chi connectivity index (χ0v) is 15.3. The van der Waals surface area contributed by atoms with Crippen LogP contribution in [0.4, 0.5) is 10.6 Å². The van der Waals surface area contributed by atoms with E-state index in [-0.39, 0.29) is 23.7 Å². The summed E-state index contributed by atoms with van der Waals surface area (Å²) in [5, 5.41) is 24.5. The maximum atomic E-state index is 12.6. The first-order valence-electron chi connectivity index (χ1n) is 9.04. The zero-order chi connectivity index (χ0) is 19.1. The zero-order valence-electron chi connectivity index (χ0n) is 15.3. The van der Waals surface area contributed by atoms with Gasteiger partial charge in [0, 0.05) is 26.1 Å². The van der Waals surface area contributed by atoms with Crippen molar-refractivity contribution in [2.24, 2.45) is 24.8 Å². The van der Waals surface area contributed by atoms with Gasteiger partial charge >= 0.3 is 6.09 Å². The number of aryl methyl sites for hydroxylation is 2. The van der Waals surface area contributed by atoms with E-state index < -0.39 is 6.09 Å². The topological polar surface area (TPSA) is 113 Å². The van der Waals surface area contributed by atoms with Gasteiger partial charge in [0.15, 0.2) is 5.82 Å². The van der Waals surface area contributed by atoms with Gasteiger partial charge in [-0.05, 0) is 49.3 Å². The minimum atomic E-state index is -0.871. The van der Waals surface area contributed by atoms with E-state index in [1.807, 2.05) is 20.0 Å². The second kappa shape index (κ2) is 6.64. The first kappa shape index (κ1) is 17.4. The molecule has 1 aliphatic carbocycles. The number of nitrogens with zero attached hydrogens (tertiary/aromatic N) is 5. The molecule has 0 bridgehead atoms. The molecular formula is C18H22N6O3. The lowest BCUT2D eigenvalue weighted by Crippen LogP contribution is -2.29. The van der Waals surface area contributed by atoms with Crippen molar-refractivity contribution in [1.82, 2.24) is 24.9 Å². The highest BCUT2D eigenvalue weighted by Gasteiger charge is 2.44. The van der Waals surface area contributed by atoms with E-state index in [1.165, 1.54) is 4.90 Å². The fourth-order valence-electron chi connectivity index (χ4n) is 4.34. The second-order valence-electron chi connectivity index (χ2n) is 7.47. The molecule has 0 radical (unpaired) electrons. The van der Waals surface area contributed by atoms with E-state index in [0.29, 0.717) is 24.6 Å². The lowest BCUT2D eigenvalue weighted by Gasteiger charge is -2.15. The molecule has 0 spiro atoms. The number of carboxylic acid groups (broad SMARTS) is 1. The van der Waals surface area contributed by atoms with E-state index in [4.69, 9.17) is 5.11 Å². The third-order valence-corrected chi connectivity index (χ3v) is 5.67. The summed E-state index contributed by atoms with van der Waals surface area (Å²) in [6.07, 6.45) is 2.35. The summed E-state index contributed by atoms with van der Waals surface area (Å²) in [5.41, 5.74) is 2.61. The van der Waals surface area contributed by atoms with Gasteiger partial charge in [-0.1, -0.05) is 0 Å². The number of amides is 2. The van der Waals surface area contributed by atoms with Gasteiger partial charge in [0.2, 0.25) is 5.91 Å². The number of likely N-dealkylation sites (tertiary alicyclic amines) is 1. The van der Waals surface area contributed by atoms with Gasteiger partial charge in [-0.3, -0.25) is 9.48 Å². The number of carbonyl (C=O) groups is 2. The average molecular weight is 370 g/mol. The van der Waals surface area contributed by atoms with Crippen LogP contribution in [0.5, 0.6) is 0 Å². The maximum absolute atomic E-state index is 12.6. The molecule has 2 aromatic rings. The molecular weight excluding hydrogens is 348 g/mol. The summed E-state index contributed by atoms with van der Waals surface area (Å²) in [5.74, 6) is 0.811. The molecule has 2 fully saturated rings. The largest absolute Gasteiger partial charge is 0.465 e. The van der Waals surface area contributed by atoms with Gasteiger partial charge in [-0.15, -0.1) is 10.2 Å². The predicted octanol–water partition coefficient (Wildman–Crippen LogP) is 1.76. The van der Waals surface area contributed by atoms with Crippen molar-refractivity contribution < 1.29 is 14.7 Å². The third-order valence-electron chi connectivity index (χ3n) is 5.67. The molecule has 2 aliphatic rings. The van der Waals surface area contributed by atoms with Gasteiger partial charge in [-0.2, -0.15) is 5.10 Å². The summed E-state index contributed by atoms with van der Waals surface area (Å²) >= 11 is 0. The van der Waals surface area contributed by atoms with Crippen LogP contribution in [0.15, 0.2) is 18.3 Å². The summed E-state index contributed by atoms with van der Waals surface area (Å²) in [7, 11) is 1.85. The van der Waals surface area contributed by atoms with Crippen LogP contribution in [0, 0.1) is 24.7 Å². The van der Waals surface area contributed by atoms with E-state index >= 15 is 0 Å². The Hall–Kier alpha value is -2.97. The lowest BCUT2D eigenvalue weighted by atomic mass is 10.0. The summed E-state index contributed by atoms with van der Waals surface area (Å²) in [4.78, 5) is 25.1. The molecule has 2 N–H and O–H groups in total. The van der Waals surface area contributed by atoms with E-state index in [0.717, 1.165) is 24.1 Å². The Morgan fingerprint density at radius 2 is 1.89 bits per heavy atom. The summed E-state index contributed by atoms with van der Waals surface area (Å²) in [6, 6.07) is 3.56. The quantitative estimate of drug-likeness (QED) is 0.851. The Kier molecular flexibility index (Phi) is 4.29. The SMILES string of the molecule is Cc1cnn(C)c1-c1ccc(NC(=O)C2CC3CN(C(=O)O)CC3C2)nn1. The van der Waals surface area contributed by atoms with Crippen molar-refractivity contribution in [3.05, 3.63) is 23.9 Å². The fourth-order valence-corrected chi connectivity index (χ4v) is 4.34. The van der Waals surface area contributed by atoms with Crippen LogP contribution in [0.2, 0.25) is 0 Å². The Morgan fingerprint density at radius 1 is 1.19 bits per heavy atom. The van der Waals surface area contributed by atoms with Gasteiger partial charge in [-0.25, -0.2) is 4.79 Å². The lowest BCUT2D eigenvalue weighted by molar-refractivity contribution is -0.119. The Labute approximate surface area is 156 Å². The smallest absolute Gasteiger partial charge is 0.407 e. The van der Waals surface area contributed by atoms with Crippen molar-refractivity contribution in [3.63, 3.8) is 0 Å². The minimum absolute atomic E-state index is 0.0648. The summed E-state index contributed by atoms with van der Waals surface area (Å²) < 4.78 is 1.75. The molecule has 9 nitrogen and oxygen atoms in total. The highest BCUT2D eigenvalue weighted by atomic mass is 16.4. The average Bonchev–Trinajstić information content (AvgIpc) is 3.29. The van der Waals surface area contributed by atoms with E-state index in [2.05, 4.69) is 20.6 Å². The standard InChI is InChI=1S/C18H22N6O3/c1-10-7-19-23(2)16(10)14-3-4-15(22-21-14)20-17(25)11-5-12-8-24(18(26)27)9-13(12)6-11/h3-4,7,11-13H,5-6,8-9H2,1-2H3,(H,26,27)(H,20,22,25). The van der Waals surface area contributed by atoms with Gasteiger partial charge < -0.3 is 15.3 Å². The first-order valence-corrected chi connectivity index (χ1v) is 9.04. The van der Waals surface area contributed by atoms with Crippen LogP contribution in [-0.4, -0.2) is 55.1 Å². The molecule has 4 rings (SSSR count). The number of hydrogen-bond donors (Lipinski definition) is 2. The van der Waals surface area contributed by atoms with Crippen LogP contribution in [0.3, 0.4) is 0 Å². The molecule has 1 saturated carbocycles. The van der Waals surface area contributed by atoms with Crippen LogP contribution in [-0.2, 0) is 11.8 Å². The molecule has 2 aromatic heterocycles. The number of fused-ring (bicyclic) bond motifs is 1. The first-order chi connectivity index (χ1) is 12.9. The van der Waals surface area contributed by atoms with Gasteiger partial charge in [0.25, 0.3) is 0 Å². The fraction of sp³-hybridized carbons (Fsp3) is 0.500. The second-order valence-corrected chi connectivity index (χ2v) is 7.47. The number of anilines is 1. The molecule has 2 amide bonds. The van der Waals surface area contributed by atoms with Crippen LogP contribution in [0.25, 0.3) is 11.4 Å². The third kappa shape index (κ3) is 3.24. The molecule has 1 aliphatic heterocycles. The van der Waals surface area contributed by atoms with E-state index in [9.17, 15) is 9.59 Å². The normalized spacial score (nSPS) is 24.1. The van der Waals surface area contributed by atoms with Gasteiger partial charge in [0.1, 0.15) is 5.69 Å². The van der Waals surface area contributed by atoms with Crippen LogP contribution >= 0.6 is 0 Å². The van der Waals surface area contributed by atoms with Crippen molar-refractivity contribution in [3.8, 4) is 11.4 Å². The molecule has 142 valence electrons. The minimum Gasteiger partial charge on any atom is -0.465 e. The molecule has 1 saturated heterocycles. The molecule has 27 heavy (non-hydrogen) atoms.